The molecule has 1 unspecified atom stereocenters. The second-order valence-corrected chi connectivity index (χ2v) is 6.49. The van der Waals surface area contributed by atoms with Gasteiger partial charge in [-0.2, -0.15) is 0 Å². The highest BCUT2D eigenvalue weighted by atomic mass is 35.5. The Morgan fingerprint density at radius 1 is 1.30 bits per heavy atom. The number of nitrogens with one attached hydrogen (secondary N) is 1. The van der Waals surface area contributed by atoms with E-state index in [2.05, 4.69) is 10.2 Å². The van der Waals surface area contributed by atoms with Gasteiger partial charge in [0.2, 0.25) is 5.91 Å². The second kappa shape index (κ2) is 7.10. The maximum Gasteiger partial charge on any atom is 0.222 e. The van der Waals surface area contributed by atoms with Crippen molar-refractivity contribution < 1.29 is 9.53 Å². The largest absolute Gasteiger partial charge is 0.378 e. The van der Waals surface area contributed by atoms with E-state index in [9.17, 15) is 4.79 Å². The second-order valence-electron chi connectivity index (χ2n) is 6.49. The lowest BCUT2D eigenvalue weighted by Gasteiger charge is -2.33. The van der Waals surface area contributed by atoms with Crippen LogP contribution in [-0.2, 0) is 9.53 Å². The van der Waals surface area contributed by atoms with E-state index in [0.29, 0.717) is 23.8 Å². The summed E-state index contributed by atoms with van der Waals surface area (Å²) in [4.78, 5) is 14.4. The van der Waals surface area contributed by atoms with E-state index < -0.39 is 0 Å². The van der Waals surface area contributed by atoms with Gasteiger partial charge in [-0.05, 0) is 57.0 Å². The lowest BCUT2D eigenvalue weighted by atomic mass is 9.78. The van der Waals surface area contributed by atoms with Crippen molar-refractivity contribution in [2.75, 3.05) is 32.8 Å². The molecule has 116 valence electrons. The Labute approximate surface area is 128 Å². The maximum absolute atomic E-state index is 12.3. The van der Waals surface area contributed by atoms with Gasteiger partial charge >= 0.3 is 0 Å². The summed E-state index contributed by atoms with van der Waals surface area (Å²) >= 11 is 0. The number of carbonyl (C=O) groups excluding carboxylic acids is 1. The van der Waals surface area contributed by atoms with E-state index in [0.717, 1.165) is 45.6 Å². The average molecular weight is 303 g/mol. The zero-order valence-corrected chi connectivity index (χ0v) is 13.1. The molecule has 3 rings (SSSR count). The van der Waals surface area contributed by atoms with Crippen LogP contribution in [0.1, 0.15) is 44.9 Å². The van der Waals surface area contributed by atoms with Crippen molar-refractivity contribution >= 4 is 18.3 Å². The number of halogens is 1. The lowest BCUT2D eigenvalue weighted by molar-refractivity contribution is -0.131. The molecule has 0 saturated carbocycles. The predicted octanol–water partition coefficient (Wildman–Crippen LogP) is 1.97. The van der Waals surface area contributed by atoms with Crippen molar-refractivity contribution in [2.24, 2.45) is 5.41 Å². The van der Waals surface area contributed by atoms with Crippen LogP contribution in [0.4, 0.5) is 0 Å². The molecule has 0 bridgehead atoms. The van der Waals surface area contributed by atoms with E-state index in [-0.39, 0.29) is 12.4 Å². The summed E-state index contributed by atoms with van der Waals surface area (Å²) in [6.07, 6.45) is 7.94. The molecule has 20 heavy (non-hydrogen) atoms. The summed E-state index contributed by atoms with van der Waals surface area (Å²) in [5.41, 5.74) is 0.435. The normalized spacial score (nSPS) is 28.6. The minimum Gasteiger partial charge on any atom is -0.378 e. The third-order valence-electron chi connectivity index (χ3n) is 5.16. The highest BCUT2D eigenvalue weighted by Gasteiger charge is 2.40. The van der Waals surface area contributed by atoms with Crippen LogP contribution in [0.5, 0.6) is 0 Å². The van der Waals surface area contributed by atoms with Crippen molar-refractivity contribution in [3.05, 3.63) is 0 Å². The molecular formula is C15H27ClN2O2. The van der Waals surface area contributed by atoms with Crippen molar-refractivity contribution in [1.29, 1.82) is 0 Å². The molecule has 1 amide bonds. The molecule has 3 saturated heterocycles. The monoisotopic (exact) mass is 302 g/mol. The van der Waals surface area contributed by atoms with E-state index in [1.807, 2.05) is 0 Å². The average Bonchev–Trinajstić information content (AvgIpc) is 3.07. The number of piperidine rings is 1. The van der Waals surface area contributed by atoms with Gasteiger partial charge in [0, 0.05) is 26.1 Å². The number of hydrogen-bond acceptors (Lipinski definition) is 3. The number of likely N-dealkylation sites (tertiary alicyclic amines) is 1. The van der Waals surface area contributed by atoms with Gasteiger partial charge in [0.1, 0.15) is 0 Å². The first-order valence-corrected chi connectivity index (χ1v) is 7.88. The van der Waals surface area contributed by atoms with E-state index in [1.54, 1.807) is 0 Å². The number of rotatable bonds is 3. The Morgan fingerprint density at radius 2 is 2.10 bits per heavy atom. The summed E-state index contributed by atoms with van der Waals surface area (Å²) in [6.45, 7) is 5.11. The Morgan fingerprint density at radius 3 is 2.80 bits per heavy atom. The van der Waals surface area contributed by atoms with Crippen LogP contribution in [0, 0.1) is 5.41 Å². The van der Waals surface area contributed by atoms with Crippen LogP contribution in [0.2, 0.25) is 0 Å². The lowest BCUT2D eigenvalue weighted by Crippen LogP contribution is -2.39. The minimum atomic E-state index is 0. The molecule has 0 aromatic carbocycles. The summed E-state index contributed by atoms with van der Waals surface area (Å²) in [7, 11) is 0. The van der Waals surface area contributed by atoms with Crippen LogP contribution in [0.25, 0.3) is 0 Å². The van der Waals surface area contributed by atoms with Gasteiger partial charge in [-0.3, -0.25) is 4.79 Å². The zero-order chi connectivity index (χ0) is 13.1. The van der Waals surface area contributed by atoms with Crippen LogP contribution in [0.15, 0.2) is 0 Å². The molecule has 0 aliphatic carbocycles. The highest BCUT2D eigenvalue weighted by Crippen LogP contribution is 2.38. The zero-order valence-electron chi connectivity index (χ0n) is 12.2. The fraction of sp³-hybridized carbons (Fsp3) is 0.933. The number of nitrogens with zero attached hydrogens (tertiary/aromatic N) is 1. The fourth-order valence-corrected chi connectivity index (χ4v) is 3.83. The topological polar surface area (TPSA) is 41.6 Å². The Balaban J connectivity index is 0.00000147. The molecule has 0 aromatic rings. The maximum atomic E-state index is 12.3. The summed E-state index contributed by atoms with van der Waals surface area (Å²) in [5.74, 6) is 0.353. The van der Waals surface area contributed by atoms with Crippen molar-refractivity contribution in [2.45, 2.75) is 51.0 Å². The number of amides is 1. The molecule has 3 heterocycles. The first-order valence-electron chi connectivity index (χ1n) is 7.88. The molecule has 3 aliphatic heterocycles. The van der Waals surface area contributed by atoms with Crippen LogP contribution >= 0.6 is 12.4 Å². The minimum absolute atomic E-state index is 0. The third kappa shape index (κ3) is 3.66. The van der Waals surface area contributed by atoms with Gasteiger partial charge in [0.25, 0.3) is 0 Å². The third-order valence-corrected chi connectivity index (χ3v) is 5.16. The molecular weight excluding hydrogens is 276 g/mol. The first kappa shape index (κ1) is 16.1. The Hall–Kier alpha value is -0.320. The summed E-state index contributed by atoms with van der Waals surface area (Å²) < 4.78 is 5.60. The van der Waals surface area contributed by atoms with E-state index in [1.165, 1.54) is 25.7 Å². The highest BCUT2D eigenvalue weighted by molar-refractivity contribution is 5.85. The number of carbonyl (C=O) groups is 1. The van der Waals surface area contributed by atoms with E-state index >= 15 is 0 Å². The molecule has 1 atom stereocenters. The standard InChI is InChI=1S/C15H26N2O2.ClH/c18-14(4-3-13-2-1-11-19-13)17-10-7-15(12-17)5-8-16-9-6-15;/h13,16H,1-12H2;1H. The summed E-state index contributed by atoms with van der Waals surface area (Å²) in [5, 5.41) is 3.42. The molecule has 0 radical (unpaired) electrons. The van der Waals surface area contributed by atoms with Crippen molar-refractivity contribution in [3.63, 3.8) is 0 Å². The number of ether oxygens (including phenoxy) is 1. The first-order chi connectivity index (χ1) is 9.27. The van der Waals surface area contributed by atoms with Gasteiger partial charge in [0.05, 0.1) is 6.10 Å². The molecule has 5 heteroatoms. The van der Waals surface area contributed by atoms with E-state index in [4.69, 9.17) is 4.74 Å². The molecule has 4 nitrogen and oxygen atoms in total. The summed E-state index contributed by atoms with van der Waals surface area (Å²) in [6, 6.07) is 0. The Kier molecular flexibility index (Phi) is 5.70. The van der Waals surface area contributed by atoms with Gasteiger partial charge in [-0.25, -0.2) is 0 Å². The van der Waals surface area contributed by atoms with Crippen molar-refractivity contribution in [3.8, 4) is 0 Å². The molecule has 1 N–H and O–H groups in total. The molecule has 3 aliphatic rings. The van der Waals surface area contributed by atoms with Crippen LogP contribution < -0.4 is 5.32 Å². The van der Waals surface area contributed by atoms with Gasteiger partial charge in [0.15, 0.2) is 0 Å². The van der Waals surface area contributed by atoms with Gasteiger partial charge in [-0.1, -0.05) is 0 Å². The van der Waals surface area contributed by atoms with Gasteiger partial charge in [-0.15, -0.1) is 12.4 Å². The van der Waals surface area contributed by atoms with Crippen LogP contribution in [0.3, 0.4) is 0 Å². The SMILES string of the molecule is Cl.O=C(CCC1CCCO1)N1CCC2(CCNCC2)C1. The van der Waals surface area contributed by atoms with Crippen molar-refractivity contribution in [1.82, 2.24) is 10.2 Å². The number of hydrogen-bond donors (Lipinski definition) is 1. The molecule has 1 spiro atoms. The fourth-order valence-electron chi connectivity index (χ4n) is 3.83. The molecule has 0 aromatic heterocycles. The van der Waals surface area contributed by atoms with Gasteiger partial charge < -0.3 is 15.0 Å². The predicted molar refractivity (Wildman–Crippen MR) is 81.2 cm³/mol. The Bertz CT molecular complexity index is 326. The smallest absolute Gasteiger partial charge is 0.222 e. The quantitative estimate of drug-likeness (QED) is 0.866. The van der Waals surface area contributed by atoms with Crippen LogP contribution in [-0.4, -0.2) is 49.7 Å². The molecule has 3 fully saturated rings.